The van der Waals surface area contributed by atoms with E-state index in [1.54, 1.807) is 6.20 Å². The summed E-state index contributed by atoms with van der Waals surface area (Å²) in [5.74, 6) is 0. The molecule has 2 nitrogen and oxygen atoms in total. The van der Waals surface area contributed by atoms with Gasteiger partial charge in [0.25, 0.3) is 0 Å². The molecule has 2 heterocycles. The summed E-state index contributed by atoms with van der Waals surface area (Å²) in [4.78, 5) is 8.76. The van der Waals surface area contributed by atoms with Crippen LogP contribution >= 0.6 is 0 Å². The predicted molar refractivity (Wildman–Crippen MR) is 69.7 cm³/mol. The van der Waals surface area contributed by atoms with Crippen LogP contribution in [-0.4, -0.2) is 9.97 Å². The van der Waals surface area contributed by atoms with Gasteiger partial charge in [-0.25, -0.2) is 4.98 Å². The lowest BCUT2D eigenvalue weighted by Crippen LogP contribution is -1.88. The van der Waals surface area contributed by atoms with Crippen molar-refractivity contribution < 1.29 is 0 Å². The molecular formula is C15H12N2. The second kappa shape index (κ2) is 3.98. The van der Waals surface area contributed by atoms with Crippen LogP contribution in [0.2, 0.25) is 0 Å². The highest BCUT2D eigenvalue weighted by atomic mass is 14.7. The van der Waals surface area contributed by atoms with Crippen LogP contribution in [0.15, 0.2) is 54.9 Å². The molecule has 0 aliphatic heterocycles. The maximum atomic E-state index is 4.67. The van der Waals surface area contributed by atoms with E-state index in [4.69, 9.17) is 0 Å². The van der Waals surface area contributed by atoms with Crippen molar-refractivity contribution >= 4 is 10.9 Å². The third-order valence-corrected chi connectivity index (χ3v) is 2.91. The van der Waals surface area contributed by atoms with Gasteiger partial charge in [0.05, 0.1) is 11.2 Å². The Bertz CT molecular complexity index is 674. The van der Waals surface area contributed by atoms with Gasteiger partial charge in [-0.3, -0.25) is 4.98 Å². The summed E-state index contributed by atoms with van der Waals surface area (Å²) in [5.41, 5.74) is 4.43. The highest BCUT2D eigenvalue weighted by Crippen LogP contribution is 2.23. The second-order valence-corrected chi connectivity index (χ2v) is 4.08. The Morgan fingerprint density at radius 1 is 0.941 bits per heavy atom. The second-order valence-electron chi connectivity index (χ2n) is 4.08. The van der Waals surface area contributed by atoms with Crippen molar-refractivity contribution in [3.63, 3.8) is 0 Å². The zero-order valence-electron chi connectivity index (χ0n) is 9.59. The van der Waals surface area contributed by atoms with Gasteiger partial charge < -0.3 is 0 Å². The molecule has 2 aromatic heterocycles. The van der Waals surface area contributed by atoms with Crippen LogP contribution in [0, 0.1) is 6.92 Å². The molecule has 0 bridgehead atoms. The van der Waals surface area contributed by atoms with Crippen molar-refractivity contribution in [3.8, 4) is 11.3 Å². The van der Waals surface area contributed by atoms with E-state index in [9.17, 15) is 0 Å². The van der Waals surface area contributed by atoms with E-state index >= 15 is 0 Å². The van der Waals surface area contributed by atoms with Crippen molar-refractivity contribution in [1.29, 1.82) is 0 Å². The Kier molecular flexibility index (Phi) is 2.33. The largest absolute Gasteiger partial charge is 0.264 e. The molecular weight excluding hydrogens is 208 g/mol. The minimum absolute atomic E-state index is 0.987. The van der Waals surface area contributed by atoms with Crippen LogP contribution in [0.4, 0.5) is 0 Å². The molecule has 0 aliphatic carbocycles. The number of rotatable bonds is 1. The minimum atomic E-state index is 0.987. The third kappa shape index (κ3) is 1.78. The van der Waals surface area contributed by atoms with E-state index in [0.717, 1.165) is 16.6 Å². The highest BCUT2D eigenvalue weighted by Gasteiger charge is 2.03. The van der Waals surface area contributed by atoms with E-state index in [1.807, 2.05) is 30.5 Å². The van der Waals surface area contributed by atoms with Crippen LogP contribution in [0.1, 0.15) is 5.56 Å². The first kappa shape index (κ1) is 9.97. The van der Waals surface area contributed by atoms with E-state index in [0.29, 0.717) is 0 Å². The summed E-state index contributed by atoms with van der Waals surface area (Å²) in [6.45, 7) is 2.10. The van der Waals surface area contributed by atoms with Crippen molar-refractivity contribution in [2.24, 2.45) is 0 Å². The number of fused-ring (bicyclic) bond motifs is 1. The fourth-order valence-corrected chi connectivity index (χ4v) is 1.98. The van der Waals surface area contributed by atoms with Gasteiger partial charge in [0.2, 0.25) is 0 Å². The summed E-state index contributed by atoms with van der Waals surface area (Å²) in [6, 6.07) is 14.4. The van der Waals surface area contributed by atoms with Crippen molar-refractivity contribution in [2.75, 3.05) is 0 Å². The third-order valence-electron chi connectivity index (χ3n) is 2.91. The molecule has 0 radical (unpaired) electrons. The maximum absolute atomic E-state index is 4.67. The molecule has 3 rings (SSSR count). The van der Waals surface area contributed by atoms with E-state index < -0.39 is 0 Å². The lowest BCUT2D eigenvalue weighted by Gasteiger charge is -2.05. The molecule has 0 saturated carbocycles. The topological polar surface area (TPSA) is 25.8 Å². The van der Waals surface area contributed by atoms with Crippen LogP contribution in [0.3, 0.4) is 0 Å². The Morgan fingerprint density at radius 2 is 1.82 bits per heavy atom. The van der Waals surface area contributed by atoms with E-state index in [2.05, 4.69) is 35.1 Å². The van der Waals surface area contributed by atoms with Crippen molar-refractivity contribution in [3.05, 3.63) is 60.4 Å². The van der Waals surface area contributed by atoms with E-state index in [-0.39, 0.29) is 0 Å². The number of benzene rings is 1. The average Bonchev–Trinajstić information content (AvgIpc) is 2.39. The number of aromatic nitrogens is 2. The molecule has 0 atom stereocenters. The Labute approximate surface area is 100.0 Å². The number of nitrogens with zero attached hydrogens (tertiary/aromatic N) is 2. The average molecular weight is 220 g/mol. The molecule has 3 aromatic rings. The molecule has 2 heteroatoms. The summed E-state index contributed by atoms with van der Waals surface area (Å²) in [7, 11) is 0. The molecule has 0 fully saturated rings. The van der Waals surface area contributed by atoms with Crippen LogP contribution in [0.5, 0.6) is 0 Å². The fraction of sp³-hybridized carbons (Fsp3) is 0.0667. The fourth-order valence-electron chi connectivity index (χ4n) is 1.98. The molecule has 17 heavy (non-hydrogen) atoms. The van der Waals surface area contributed by atoms with Crippen molar-refractivity contribution in [1.82, 2.24) is 9.97 Å². The molecule has 0 unspecified atom stereocenters. The smallest absolute Gasteiger partial charge is 0.0740 e. The summed E-state index contributed by atoms with van der Waals surface area (Å²) < 4.78 is 0. The first-order chi connectivity index (χ1) is 8.34. The van der Waals surface area contributed by atoms with Gasteiger partial charge in [0, 0.05) is 23.3 Å². The Morgan fingerprint density at radius 3 is 2.71 bits per heavy atom. The Balaban J connectivity index is 2.22. The normalized spacial score (nSPS) is 10.6. The number of hydrogen-bond acceptors (Lipinski definition) is 2. The first-order valence-electron chi connectivity index (χ1n) is 5.61. The summed E-state index contributed by atoms with van der Waals surface area (Å²) in [6.07, 6.45) is 3.61. The molecule has 0 aliphatic rings. The lowest BCUT2D eigenvalue weighted by atomic mass is 10.0. The predicted octanol–water partition coefficient (Wildman–Crippen LogP) is 3.61. The maximum Gasteiger partial charge on any atom is 0.0740 e. The molecule has 0 N–H and O–H groups in total. The number of aryl methyl sites for hydroxylation is 1. The standard InChI is InChI=1S/C15H12N2/c1-11-4-2-3-5-13(11)15-7-6-12-10-16-9-8-14(12)17-15/h2-10H,1H3. The van der Waals surface area contributed by atoms with Gasteiger partial charge in [-0.1, -0.05) is 24.3 Å². The van der Waals surface area contributed by atoms with Crippen LogP contribution in [-0.2, 0) is 0 Å². The molecule has 0 amide bonds. The molecule has 82 valence electrons. The quantitative estimate of drug-likeness (QED) is 0.626. The first-order valence-corrected chi connectivity index (χ1v) is 5.61. The Hall–Kier alpha value is -2.22. The van der Waals surface area contributed by atoms with Gasteiger partial charge >= 0.3 is 0 Å². The van der Waals surface area contributed by atoms with Crippen LogP contribution < -0.4 is 0 Å². The summed E-state index contributed by atoms with van der Waals surface area (Å²) >= 11 is 0. The van der Waals surface area contributed by atoms with Crippen molar-refractivity contribution in [2.45, 2.75) is 6.92 Å². The summed E-state index contributed by atoms with van der Waals surface area (Å²) in [5, 5.41) is 1.07. The minimum Gasteiger partial charge on any atom is -0.264 e. The zero-order chi connectivity index (χ0) is 11.7. The van der Waals surface area contributed by atoms with Crippen LogP contribution in [0.25, 0.3) is 22.2 Å². The van der Waals surface area contributed by atoms with Gasteiger partial charge in [0.15, 0.2) is 0 Å². The van der Waals surface area contributed by atoms with Gasteiger partial charge in [-0.2, -0.15) is 0 Å². The molecule has 0 saturated heterocycles. The van der Waals surface area contributed by atoms with Gasteiger partial charge in [-0.15, -0.1) is 0 Å². The SMILES string of the molecule is Cc1ccccc1-c1ccc2cnccc2n1. The monoisotopic (exact) mass is 220 g/mol. The van der Waals surface area contributed by atoms with Gasteiger partial charge in [0.1, 0.15) is 0 Å². The molecule has 0 spiro atoms. The number of pyridine rings is 2. The lowest BCUT2D eigenvalue weighted by molar-refractivity contribution is 1.31. The van der Waals surface area contributed by atoms with Gasteiger partial charge in [-0.05, 0) is 30.7 Å². The van der Waals surface area contributed by atoms with E-state index in [1.165, 1.54) is 11.1 Å². The molecule has 1 aromatic carbocycles. The zero-order valence-corrected chi connectivity index (χ0v) is 9.59. The highest BCUT2D eigenvalue weighted by molar-refractivity contribution is 5.80. The number of hydrogen-bond donors (Lipinski definition) is 0.